The largest absolute Gasteiger partial charge is 0.493 e. The molecule has 0 saturated carbocycles. The first-order chi connectivity index (χ1) is 37.9. The zero-order valence-corrected chi connectivity index (χ0v) is 59.5. The quantitative estimate of drug-likeness (QED) is 0.0322. The van der Waals surface area contributed by atoms with Crippen molar-refractivity contribution in [1.82, 2.24) is 0 Å². The Morgan fingerprint density at radius 1 is 0.284 bits per heavy atom. The van der Waals surface area contributed by atoms with E-state index in [0.29, 0.717) is 0 Å². The number of nitrogens with zero attached hydrogens (tertiary/aromatic N) is 4. The molecule has 0 spiro atoms. The molecule has 0 bridgehead atoms. The zero-order valence-electron chi connectivity index (χ0n) is 57.7. The Balaban J connectivity index is 0.000000613. The van der Waals surface area contributed by atoms with Gasteiger partial charge in [0.1, 0.15) is 34.5 Å². The van der Waals surface area contributed by atoms with E-state index in [-0.39, 0.29) is 0 Å². The molecule has 0 radical (unpaired) electrons. The highest BCUT2D eigenvalue weighted by Crippen LogP contribution is 2.59. The summed E-state index contributed by atoms with van der Waals surface area (Å²) < 4.78 is 40.6. The van der Waals surface area contributed by atoms with E-state index < -0.39 is 14.5 Å². The van der Waals surface area contributed by atoms with Gasteiger partial charge >= 0.3 is 0 Å². The summed E-state index contributed by atoms with van der Waals surface area (Å²) in [6.45, 7) is 36.4. The van der Waals surface area contributed by atoms with Gasteiger partial charge in [0.25, 0.3) is 0 Å². The van der Waals surface area contributed by atoms with Gasteiger partial charge in [-0.05, 0) is 151 Å². The fourth-order valence-electron chi connectivity index (χ4n) is 10.1. The van der Waals surface area contributed by atoms with Crippen molar-refractivity contribution in [3.8, 4) is 34.5 Å². The smallest absolute Gasteiger partial charge is 0.123 e. The number of benzene rings is 3. The van der Waals surface area contributed by atoms with Gasteiger partial charge in [-0.25, -0.2) is 0 Å². The Labute approximate surface area is 503 Å². The minimum atomic E-state index is -0.729. The molecule has 0 fully saturated rings. The highest BCUT2D eigenvalue weighted by atomic mass is 31.2. The number of hydrogen-bond acceptors (Lipinski definition) is 6. The first kappa shape index (κ1) is 76.2. The molecule has 0 heterocycles. The highest BCUT2D eigenvalue weighted by molar-refractivity contribution is 7.76. The second kappa shape index (κ2) is 38.3. The lowest BCUT2D eigenvalue weighted by Crippen LogP contribution is -2.36. The third-order valence-corrected chi connectivity index (χ3v) is 26.8. The lowest BCUT2D eigenvalue weighted by Gasteiger charge is -2.24. The van der Waals surface area contributed by atoms with Gasteiger partial charge in [0, 0.05) is 53.0 Å². The van der Waals surface area contributed by atoms with Crippen LogP contribution in [0.25, 0.3) is 0 Å². The molecule has 0 amide bonds. The van der Waals surface area contributed by atoms with Gasteiger partial charge in [0.15, 0.2) is 0 Å². The van der Waals surface area contributed by atoms with Crippen LogP contribution in [0.15, 0.2) is 36.4 Å². The second-order valence-electron chi connectivity index (χ2n) is 27.0. The molecular weight excluding hydrogens is 1040 g/mol. The summed E-state index contributed by atoms with van der Waals surface area (Å²) >= 11 is 0. The van der Waals surface area contributed by atoms with E-state index in [1.807, 2.05) is 0 Å². The number of quaternary nitrogens is 4. The molecule has 0 aromatic heterocycles. The first-order valence-corrected chi connectivity index (χ1v) is 37.1. The molecule has 81 heavy (non-hydrogen) atoms. The van der Waals surface area contributed by atoms with Crippen LogP contribution < -0.4 is 28.4 Å². The summed E-state index contributed by atoms with van der Waals surface area (Å²) in [6, 6.07) is 13.0. The van der Waals surface area contributed by atoms with Crippen molar-refractivity contribution in [2.45, 2.75) is 141 Å². The van der Waals surface area contributed by atoms with E-state index in [1.165, 1.54) is 84.4 Å². The Bertz CT molecular complexity index is 2050. The molecule has 0 aliphatic heterocycles. The van der Waals surface area contributed by atoms with Crippen molar-refractivity contribution in [3.05, 3.63) is 69.8 Å². The highest BCUT2D eigenvalue weighted by Gasteiger charge is 2.31. The van der Waals surface area contributed by atoms with Gasteiger partial charge < -0.3 is 46.4 Å². The van der Waals surface area contributed by atoms with Gasteiger partial charge in [0.2, 0.25) is 0 Å². The van der Waals surface area contributed by atoms with Gasteiger partial charge in [-0.2, -0.15) is 0 Å². The number of ether oxygens (including phenoxy) is 6. The molecule has 3 rings (SSSR count). The van der Waals surface area contributed by atoms with Gasteiger partial charge in [0.05, 0.1) is 200 Å². The predicted molar refractivity (Wildman–Crippen MR) is 361 cm³/mol. The van der Waals surface area contributed by atoms with E-state index in [1.54, 1.807) is 0 Å². The fourth-order valence-corrected chi connectivity index (χ4v) is 16.3. The van der Waals surface area contributed by atoms with Crippen LogP contribution in [-0.2, 0) is 19.3 Å². The van der Waals surface area contributed by atoms with Crippen molar-refractivity contribution in [1.29, 1.82) is 0 Å². The molecule has 0 N–H and O–H groups in total. The van der Waals surface area contributed by atoms with Crippen molar-refractivity contribution in [3.63, 3.8) is 0 Å². The fraction of sp³-hybridized carbons (Fsp3) is 0.739. The van der Waals surface area contributed by atoms with Crippen LogP contribution in [0, 0.1) is 20.8 Å². The minimum absolute atomic E-state index is 0.728. The van der Waals surface area contributed by atoms with Crippen LogP contribution in [0.4, 0.5) is 0 Å². The monoisotopic (exact) mass is 1170 g/mol. The van der Waals surface area contributed by atoms with Gasteiger partial charge in [-0.15, -0.1) is 0 Å². The van der Waals surface area contributed by atoms with Crippen LogP contribution >= 0.6 is 14.5 Å². The summed E-state index contributed by atoms with van der Waals surface area (Å²) in [4.78, 5) is 0. The van der Waals surface area contributed by atoms with E-state index in [4.69, 9.17) is 28.4 Å². The molecule has 10 nitrogen and oxygen atoms in total. The van der Waals surface area contributed by atoms with Crippen LogP contribution in [0.3, 0.4) is 0 Å². The number of aryl methyl sites for hydroxylation is 6. The standard InChI is InChI=1S/C27H52O2P2.2C21H40N2O2/c1-9-25-23-26(28-18-16-20-30(10-2,11-3)12-4)24(8)22-27(25)29-19-17-21-31(13-5,14-6)15-7;2*1-9-19-17-20(24-14-10-12-22(3,4)5)18(2)16-21(19)25-15-11-13-23(6,7)8/h22-23H,9-21H2,1-8H3;2*16-17H,9-15H2,1-8H3/q3*+2. The predicted octanol–water partition coefficient (Wildman–Crippen LogP) is 15.3. The Morgan fingerprint density at radius 3 is 0.667 bits per heavy atom. The third kappa shape index (κ3) is 31.8. The average molecular weight is 1180 g/mol. The molecule has 12 heteroatoms. The Kier molecular flexibility index (Phi) is 36.0. The first-order valence-electron chi connectivity index (χ1n) is 32.0. The molecule has 468 valence electrons. The van der Waals surface area contributed by atoms with Gasteiger partial charge in [-0.1, -0.05) is 20.8 Å². The van der Waals surface area contributed by atoms with Crippen molar-refractivity contribution >= 4 is 14.5 Å². The number of hydrogen-bond donors (Lipinski definition) is 0. The second-order valence-corrected chi connectivity index (χ2v) is 37.1. The maximum Gasteiger partial charge on any atom is 0.123 e. The third-order valence-electron chi connectivity index (χ3n) is 16.2. The number of rotatable bonds is 39. The van der Waals surface area contributed by atoms with E-state index in [2.05, 4.69) is 204 Å². The maximum atomic E-state index is 6.27. The van der Waals surface area contributed by atoms with Crippen molar-refractivity contribution in [2.24, 2.45) is 0 Å². The van der Waals surface area contributed by atoms with E-state index in [0.717, 1.165) is 174 Å². The Hall–Kier alpha value is -2.84. The van der Waals surface area contributed by atoms with Crippen molar-refractivity contribution in [2.75, 3.05) is 200 Å². The SMILES string of the molecule is CCc1cc(OCCC[N+](C)(C)C)c(C)cc1OCCC[N+](C)(C)C.CCc1cc(OCCC[N+](C)(C)C)c(C)cc1OCCC[N+](C)(C)C.CCc1cc(OCCC[P+](CC)(CC)CC)c(C)cc1OCCC[P+](CC)(CC)CC. The molecule has 0 atom stereocenters. The topological polar surface area (TPSA) is 55.4 Å². The molecular formula is C69H132N4O6P2+6. The molecule has 0 saturated heterocycles. The molecule has 3 aromatic carbocycles. The summed E-state index contributed by atoms with van der Waals surface area (Å²) in [6.07, 6.45) is 20.5. The Morgan fingerprint density at radius 2 is 0.481 bits per heavy atom. The van der Waals surface area contributed by atoms with Crippen LogP contribution in [0.1, 0.15) is 134 Å². The maximum absolute atomic E-state index is 6.27. The lowest BCUT2D eigenvalue weighted by molar-refractivity contribution is -0.870. The molecule has 0 aliphatic rings. The lowest BCUT2D eigenvalue weighted by atomic mass is 10.1. The average Bonchev–Trinajstić information content (AvgIpc) is 3.44. The zero-order chi connectivity index (χ0) is 61.5. The molecule has 0 unspecified atom stereocenters. The van der Waals surface area contributed by atoms with E-state index >= 15 is 0 Å². The van der Waals surface area contributed by atoms with Crippen LogP contribution in [0.2, 0.25) is 0 Å². The van der Waals surface area contributed by atoms with Crippen LogP contribution in [0.5, 0.6) is 34.5 Å². The summed E-state index contributed by atoms with van der Waals surface area (Å²) in [5.74, 6) is 6.13. The minimum Gasteiger partial charge on any atom is -0.493 e. The van der Waals surface area contributed by atoms with Crippen molar-refractivity contribution < 1.29 is 46.4 Å². The van der Waals surface area contributed by atoms with Gasteiger partial charge in [-0.3, -0.25) is 0 Å². The summed E-state index contributed by atoms with van der Waals surface area (Å²) in [5.41, 5.74) is 7.26. The normalized spacial score (nSPS) is 12.3. The molecule has 0 aliphatic carbocycles. The van der Waals surface area contributed by atoms with E-state index in [9.17, 15) is 0 Å². The molecule has 3 aromatic rings. The van der Waals surface area contributed by atoms with Crippen LogP contribution in [-0.4, -0.2) is 218 Å². The summed E-state index contributed by atoms with van der Waals surface area (Å²) in [7, 11) is 25.1. The summed E-state index contributed by atoms with van der Waals surface area (Å²) in [5, 5.41) is 0.